The van der Waals surface area contributed by atoms with Crippen LogP contribution in [-0.2, 0) is 0 Å². The predicted molar refractivity (Wildman–Crippen MR) is 600 cm³/mol. The van der Waals surface area contributed by atoms with Gasteiger partial charge >= 0.3 is 0 Å². The van der Waals surface area contributed by atoms with Gasteiger partial charge in [0.1, 0.15) is 0 Å². The molecule has 30 rings (SSSR count). The number of anilines is 12. The standard InChI is InChI=1S/C134H86N8/c1-83-37-30-31-66-113(83)137(94-53-26-10-27-54-94)99-70-74-103-107-60-35-64-111-125-122(88-44-18-6-19-45-88)134-126(121(87-42-16-5-17-43-87)133(125)141(129(107)111)117(103)81-99)112-65-36-61-108-104-75-71-100(82-118(104)142(134)130(108)112)138(95-55-28-11-29-56-95)114-76-67-90(77-84(114)2)89-46-32-57-96(78-89)136(93-51-24-9-25-52-93)98-69-73-102-106-59-34-63-110-124-119(85-38-12-3-13-39-85)131-123(120(86-40-14-4-15-41-86)132(124)140(128(106)110)116(102)80-98)109-62-33-58-105-101-72-68-97(79-115(101)139(131)127(105)109)135(91-47-20-7-21-48-91)92-49-22-8-23-50-92/h3-82H,1-2H3. The zero-order valence-electron chi connectivity index (χ0n) is 77.8. The molecule has 30 aromatic rings. The van der Waals surface area contributed by atoms with Crippen LogP contribution in [0.25, 0.3) is 208 Å². The van der Waals surface area contributed by atoms with E-state index in [9.17, 15) is 0 Å². The second kappa shape index (κ2) is 30.9. The minimum absolute atomic E-state index is 1.05. The van der Waals surface area contributed by atoms with Crippen LogP contribution in [0.1, 0.15) is 11.1 Å². The van der Waals surface area contributed by atoms with Crippen LogP contribution in [0.15, 0.2) is 485 Å². The molecule has 8 nitrogen and oxygen atoms in total. The van der Waals surface area contributed by atoms with Crippen molar-refractivity contribution >= 4 is 221 Å². The first kappa shape index (κ1) is 79.5. The number of fused-ring (bicyclic) bond motifs is 24. The van der Waals surface area contributed by atoms with Gasteiger partial charge in [0, 0.05) is 177 Å². The van der Waals surface area contributed by atoms with Gasteiger partial charge in [-0.2, -0.15) is 0 Å². The van der Waals surface area contributed by atoms with Crippen molar-refractivity contribution in [1.29, 1.82) is 0 Å². The molecule has 0 aliphatic rings. The van der Waals surface area contributed by atoms with E-state index < -0.39 is 0 Å². The third kappa shape index (κ3) is 11.5. The van der Waals surface area contributed by atoms with Crippen LogP contribution >= 0.6 is 0 Å². The van der Waals surface area contributed by atoms with E-state index in [1.54, 1.807) is 0 Å². The predicted octanol–water partition coefficient (Wildman–Crippen LogP) is 37.1. The third-order valence-corrected chi connectivity index (χ3v) is 30.5. The number of hydrogen-bond acceptors (Lipinski definition) is 4. The second-order valence-corrected chi connectivity index (χ2v) is 38.2. The normalized spacial score (nSPS) is 12.2. The zero-order chi connectivity index (χ0) is 93.2. The van der Waals surface area contributed by atoms with Crippen LogP contribution in [0.3, 0.4) is 0 Å². The van der Waals surface area contributed by atoms with Crippen molar-refractivity contribution in [2.75, 3.05) is 19.6 Å². The monoisotopic (exact) mass is 1810 g/mol. The first-order valence-corrected chi connectivity index (χ1v) is 49.1. The van der Waals surface area contributed by atoms with Crippen LogP contribution in [0.5, 0.6) is 0 Å². The lowest BCUT2D eigenvalue weighted by molar-refractivity contribution is 1.25. The Morgan fingerprint density at radius 1 is 0.141 bits per heavy atom. The van der Waals surface area contributed by atoms with Gasteiger partial charge in [-0.05, 0) is 198 Å². The summed E-state index contributed by atoms with van der Waals surface area (Å²) in [6.45, 7) is 4.51. The van der Waals surface area contributed by atoms with Crippen LogP contribution in [0.2, 0.25) is 0 Å². The van der Waals surface area contributed by atoms with Gasteiger partial charge in [0.15, 0.2) is 0 Å². The average molecular weight is 1810 g/mol. The van der Waals surface area contributed by atoms with Gasteiger partial charge < -0.3 is 37.2 Å². The van der Waals surface area contributed by atoms with E-state index in [4.69, 9.17) is 0 Å². The van der Waals surface area contributed by atoms with Crippen molar-refractivity contribution in [2.45, 2.75) is 13.8 Å². The first-order chi connectivity index (χ1) is 70.4. The van der Waals surface area contributed by atoms with Crippen LogP contribution < -0.4 is 19.6 Å². The van der Waals surface area contributed by atoms with Crippen LogP contribution in [0, 0.1) is 13.8 Å². The molecule has 662 valence electrons. The van der Waals surface area contributed by atoms with E-state index in [2.05, 4.69) is 536 Å². The summed E-state index contributed by atoms with van der Waals surface area (Å²) in [6, 6.07) is 181. The maximum absolute atomic E-state index is 2.65. The lowest BCUT2D eigenvalue weighted by Gasteiger charge is -2.28. The van der Waals surface area contributed by atoms with Crippen molar-refractivity contribution in [2.24, 2.45) is 0 Å². The zero-order valence-corrected chi connectivity index (χ0v) is 77.8. The van der Waals surface area contributed by atoms with E-state index in [0.29, 0.717) is 0 Å². The molecular weight excluding hydrogens is 1720 g/mol. The summed E-state index contributed by atoms with van der Waals surface area (Å²) in [5.74, 6) is 0. The van der Waals surface area contributed by atoms with E-state index in [0.717, 1.165) is 124 Å². The smallest absolute Gasteiger partial charge is 0.0634 e. The van der Waals surface area contributed by atoms with E-state index >= 15 is 0 Å². The number of nitrogens with zero attached hydrogens (tertiary/aromatic N) is 8. The van der Waals surface area contributed by atoms with Crippen molar-refractivity contribution in [1.82, 2.24) is 17.6 Å². The summed E-state index contributed by atoms with van der Waals surface area (Å²) < 4.78 is 10.6. The molecule has 8 aromatic heterocycles. The van der Waals surface area contributed by atoms with Gasteiger partial charge in [0.25, 0.3) is 0 Å². The molecule has 0 aliphatic carbocycles. The number of benzene rings is 22. The summed E-state index contributed by atoms with van der Waals surface area (Å²) in [6.07, 6.45) is 0. The summed E-state index contributed by atoms with van der Waals surface area (Å²) in [5.41, 5.74) is 41.3. The lowest BCUT2D eigenvalue weighted by Crippen LogP contribution is -2.11. The summed E-state index contributed by atoms with van der Waals surface area (Å²) in [4.78, 5) is 9.75. The van der Waals surface area contributed by atoms with Crippen molar-refractivity contribution in [3.05, 3.63) is 496 Å². The molecule has 0 saturated heterocycles. The first-order valence-electron chi connectivity index (χ1n) is 49.1. The Labute approximate surface area is 818 Å². The van der Waals surface area contributed by atoms with Crippen molar-refractivity contribution < 1.29 is 0 Å². The molecule has 0 radical (unpaired) electrons. The number of aromatic nitrogens is 4. The second-order valence-electron chi connectivity index (χ2n) is 38.2. The molecule has 0 spiro atoms. The Balaban J connectivity index is 0.589. The Hall–Kier alpha value is -18.8. The highest BCUT2D eigenvalue weighted by Crippen LogP contribution is 2.59. The lowest BCUT2D eigenvalue weighted by atomic mass is 9.89. The fourth-order valence-electron chi connectivity index (χ4n) is 24.8. The summed E-state index contributed by atoms with van der Waals surface area (Å²) in [7, 11) is 0. The Kier molecular flexibility index (Phi) is 17.3. The molecular formula is C134H86N8. The van der Waals surface area contributed by atoms with Gasteiger partial charge in [0.05, 0.1) is 66.2 Å². The van der Waals surface area contributed by atoms with Crippen molar-refractivity contribution in [3.63, 3.8) is 0 Å². The maximum atomic E-state index is 2.65. The highest BCUT2D eigenvalue weighted by Gasteiger charge is 2.36. The summed E-state index contributed by atoms with van der Waals surface area (Å²) in [5, 5.41) is 19.5. The van der Waals surface area contributed by atoms with Gasteiger partial charge in [-0.15, -0.1) is 0 Å². The minimum atomic E-state index is 1.05. The molecule has 8 heteroatoms. The number of hydrogen-bond donors (Lipinski definition) is 0. The molecule has 0 atom stereocenters. The molecule has 0 amide bonds. The van der Waals surface area contributed by atoms with Gasteiger partial charge in [-0.1, -0.05) is 346 Å². The molecule has 0 aliphatic heterocycles. The maximum Gasteiger partial charge on any atom is 0.0634 e. The number of rotatable bonds is 17. The number of para-hydroxylation sites is 10. The van der Waals surface area contributed by atoms with Gasteiger partial charge in [-0.3, -0.25) is 0 Å². The molecule has 0 N–H and O–H groups in total. The highest BCUT2D eigenvalue weighted by molar-refractivity contribution is 6.41. The van der Waals surface area contributed by atoms with Crippen LogP contribution in [-0.4, -0.2) is 17.6 Å². The Bertz CT molecular complexity index is 10300. The average Bonchev–Trinajstić information content (AvgIpc) is 1.50. The molecule has 0 fully saturated rings. The molecule has 0 unspecified atom stereocenters. The fourth-order valence-corrected chi connectivity index (χ4v) is 24.8. The van der Waals surface area contributed by atoms with Gasteiger partial charge in [-0.25, -0.2) is 0 Å². The molecule has 22 aromatic carbocycles. The SMILES string of the molecule is Cc1ccccc1N(c1ccccc1)c1ccc2c3cccc4c5c(-c6ccccc6)c6c(c(-c7ccccc7)c5n(c2c1)c34)c1cccc2c3ccc(N(c4ccccc4)c4ccc(-c5cccc(N(c7ccccc7)c7ccc8c9cccc%10c%11c(-c%12ccccc%12)c%12c(c(-c%13ccccc%13)c%11n(c8c7)c9%10)c7cccc8c9ccc(N(c%10ccccc%10)c%10ccccc%10)cc9n%12c87)c5)cc4C)cc3n6c21. The Morgan fingerprint density at radius 3 is 0.683 bits per heavy atom. The quantitative estimate of drug-likeness (QED) is 0.0909. The fraction of sp³-hybridized carbons (Fsp3) is 0.0149. The topological polar surface area (TPSA) is 30.6 Å². The molecule has 0 saturated carbocycles. The van der Waals surface area contributed by atoms with Gasteiger partial charge in [0.2, 0.25) is 0 Å². The third-order valence-electron chi connectivity index (χ3n) is 30.5. The highest BCUT2D eigenvalue weighted by atomic mass is 15.2. The van der Waals surface area contributed by atoms with E-state index in [1.165, 1.54) is 164 Å². The largest absolute Gasteiger partial charge is 0.310 e. The Morgan fingerprint density at radius 2 is 0.373 bits per heavy atom. The number of aryl methyl sites for hydroxylation is 2. The molecule has 0 bridgehead atoms. The van der Waals surface area contributed by atoms with Crippen molar-refractivity contribution in [3.8, 4) is 55.6 Å². The molecule has 8 heterocycles. The minimum Gasteiger partial charge on any atom is -0.310 e. The van der Waals surface area contributed by atoms with E-state index in [1.807, 2.05) is 0 Å². The molecule has 142 heavy (non-hydrogen) atoms. The van der Waals surface area contributed by atoms with Crippen LogP contribution in [0.4, 0.5) is 68.2 Å². The van der Waals surface area contributed by atoms with E-state index in [-0.39, 0.29) is 0 Å². The summed E-state index contributed by atoms with van der Waals surface area (Å²) >= 11 is 0.